The van der Waals surface area contributed by atoms with E-state index in [0.717, 1.165) is 5.56 Å². The number of hydrogen-bond acceptors (Lipinski definition) is 6. The van der Waals surface area contributed by atoms with Gasteiger partial charge in [0.25, 0.3) is 5.91 Å². The number of methoxy groups -OCH3 is 2. The molecular formula is C21H21ClN2O5S2. The Morgan fingerprint density at radius 3 is 2.65 bits per heavy atom. The molecule has 2 aliphatic rings. The lowest BCUT2D eigenvalue weighted by atomic mass is 10.1. The van der Waals surface area contributed by atoms with Gasteiger partial charge in [0.15, 0.2) is 15.0 Å². The van der Waals surface area contributed by atoms with Crippen molar-refractivity contribution in [3.8, 4) is 11.5 Å². The summed E-state index contributed by atoms with van der Waals surface area (Å²) in [5, 5.41) is 0.710. The highest BCUT2D eigenvalue weighted by atomic mass is 35.5. The van der Waals surface area contributed by atoms with Crippen molar-refractivity contribution >= 4 is 50.0 Å². The van der Waals surface area contributed by atoms with Crippen LogP contribution in [0.3, 0.4) is 0 Å². The van der Waals surface area contributed by atoms with Gasteiger partial charge in [-0.05, 0) is 24.3 Å². The minimum Gasteiger partial charge on any atom is -0.496 e. The zero-order valence-electron chi connectivity index (χ0n) is 16.9. The van der Waals surface area contributed by atoms with Crippen LogP contribution in [0.5, 0.6) is 11.5 Å². The number of carbonyl (C=O) groups excluding carboxylic acids is 1. The van der Waals surface area contributed by atoms with E-state index in [9.17, 15) is 13.2 Å². The Morgan fingerprint density at radius 2 is 1.90 bits per heavy atom. The summed E-state index contributed by atoms with van der Waals surface area (Å²) in [7, 11) is -0.0957. The maximum atomic E-state index is 12.8. The van der Waals surface area contributed by atoms with Crippen LogP contribution < -0.4 is 14.4 Å². The zero-order valence-corrected chi connectivity index (χ0v) is 19.3. The monoisotopic (exact) mass is 480 g/mol. The number of amidine groups is 1. The quantitative estimate of drug-likeness (QED) is 0.649. The summed E-state index contributed by atoms with van der Waals surface area (Å²) in [5.41, 5.74) is 1.33. The largest absolute Gasteiger partial charge is 0.496 e. The molecule has 0 saturated carbocycles. The highest BCUT2D eigenvalue weighted by Gasteiger charge is 2.50. The van der Waals surface area contributed by atoms with Gasteiger partial charge in [0, 0.05) is 15.8 Å². The fraction of sp³-hybridized carbons (Fsp3) is 0.333. The molecule has 4 rings (SSSR count). The average Bonchev–Trinajstić information content (AvgIpc) is 3.18. The molecule has 31 heavy (non-hydrogen) atoms. The molecule has 0 aliphatic carbocycles. The van der Waals surface area contributed by atoms with Crippen LogP contribution in [-0.4, -0.2) is 56.5 Å². The van der Waals surface area contributed by atoms with E-state index < -0.39 is 9.84 Å². The topological polar surface area (TPSA) is 85.3 Å². The zero-order chi connectivity index (χ0) is 22.2. The summed E-state index contributed by atoms with van der Waals surface area (Å²) in [6.45, 7) is 0. The predicted octanol–water partition coefficient (Wildman–Crippen LogP) is 3.20. The molecule has 2 heterocycles. The van der Waals surface area contributed by atoms with Gasteiger partial charge >= 0.3 is 0 Å². The molecule has 1 amide bonds. The maximum Gasteiger partial charge on any atom is 0.252 e. The van der Waals surface area contributed by atoms with E-state index in [2.05, 4.69) is 4.99 Å². The smallest absolute Gasteiger partial charge is 0.252 e. The Morgan fingerprint density at radius 1 is 1.16 bits per heavy atom. The molecule has 164 valence electrons. The van der Waals surface area contributed by atoms with E-state index in [0.29, 0.717) is 27.4 Å². The minimum absolute atomic E-state index is 0.0138. The number of hydrogen-bond donors (Lipinski definition) is 0. The summed E-state index contributed by atoms with van der Waals surface area (Å²) in [6, 6.07) is 12.0. The number of ether oxygens (including phenoxy) is 2. The van der Waals surface area contributed by atoms with Gasteiger partial charge in [0.2, 0.25) is 0 Å². The Kier molecular flexibility index (Phi) is 6.18. The maximum absolute atomic E-state index is 12.8. The summed E-state index contributed by atoms with van der Waals surface area (Å²) in [4.78, 5) is 19.0. The number of anilines is 1. The van der Waals surface area contributed by atoms with Crippen molar-refractivity contribution in [2.45, 2.75) is 17.7 Å². The third-order valence-corrected chi connectivity index (χ3v) is 8.67. The van der Waals surface area contributed by atoms with Crippen molar-refractivity contribution in [1.82, 2.24) is 0 Å². The lowest BCUT2D eigenvalue weighted by Crippen LogP contribution is -2.38. The lowest BCUT2D eigenvalue weighted by Gasteiger charge is -2.26. The number of fused-ring (bicyclic) bond motifs is 1. The Bertz CT molecular complexity index is 1150. The number of halogens is 1. The fourth-order valence-corrected chi connectivity index (χ4v) is 7.95. The molecule has 2 saturated heterocycles. The highest BCUT2D eigenvalue weighted by Crippen LogP contribution is 2.44. The van der Waals surface area contributed by atoms with Crippen LogP contribution in [0, 0.1) is 0 Å². The molecule has 7 nitrogen and oxygen atoms in total. The molecule has 0 unspecified atom stereocenters. The standard InChI is InChI=1S/C21H21ClN2O5S2/c1-28-17-6-4-3-5-13(17)9-20(25)23-21-24(15-10-14(22)7-8-18(15)29-2)16-11-31(26,27)12-19(16)30-21/h3-8,10,16,19H,9,11-12H2,1-2H3/t16-,19+/m1/s1. The molecule has 0 aromatic heterocycles. The number of benzene rings is 2. The normalized spacial score (nSPS) is 23.1. The number of carbonyl (C=O) groups is 1. The van der Waals surface area contributed by atoms with Crippen LogP contribution in [-0.2, 0) is 21.1 Å². The molecule has 2 aromatic rings. The number of sulfone groups is 1. The third-order valence-electron chi connectivity index (χ3n) is 5.22. The van der Waals surface area contributed by atoms with Crippen molar-refractivity contribution in [2.24, 2.45) is 4.99 Å². The summed E-state index contributed by atoms with van der Waals surface area (Å²) < 4.78 is 35.3. The Labute approximate surface area is 190 Å². The van der Waals surface area contributed by atoms with Crippen molar-refractivity contribution in [3.63, 3.8) is 0 Å². The average molecular weight is 481 g/mol. The lowest BCUT2D eigenvalue weighted by molar-refractivity contribution is -0.117. The predicted molar refractivity (Wildman–Crippen MR) is 123 cm³/mol. The molecule has 2 fully saturated rings. The van der Waals surface area contributed by atoms with E-state index >= 15 is 0 Å². The first-order valence-corrected chi connectivity index (χ1v) is 12.6. The second-order valence-corrected chi connectivity index (χ2v) is 11.1. The van der Waals surface area contributed by atoms with Crippen LogP contribution >= 0.6 is 23.4 Å². The van der Waals surface area contributed by atoms with E-state index in [1.165, 1.54) is 18.9 Å². The first-order chi connectivity index (χ1) is 14.8. The number of para-hydroxylation sites is 1. The number of amides is 1. The second kappa shape index (κ2) is 8.72. The first-order valence-electron chi connectivity index (χ1n) is 9.54. The minimum atomic E-state index is -3.18. The van der Waals surface area contributed by atoms with Crippen LogP contribution in [0.15, 0.2) is 47.5 Å². The summed E-state index contributed by atoms with van der Waals surface area (Å²) in [6.07, 6.45) is 0.0717. The second-order valence-electron chi connectivity index (χ2n) is 7.26. The van der Waals surface area contributed by atoms with Crippen molar-refractivity contribution in [1.29, 1.82) is 0 Å². The Balaban J connectivity index is 1.71. The summed E-state index contributed by atoms with van der Waals surface area (Å²) in [5.74, 6) is 0.827. The van der Waals surface area contributed by atoms with Crippen LogP contribution in [0.2, 0.25) is 5.02 Å². The van der Waals surface area contributed by atoms with Crippen LogP contribution in [0.4, 0.5) is 5.69 Å². The molecule has 10 heteroatoms. The van der Waals surface area contributed by atoms with Crippen molar-refractivity contribution < 1.29 is 22.7 Å². The fourth-order valence-electron chi connectivity index (χ4n) is 3.86. The number of aliphatic imine (C=N–C) groups is 1. The number of thioether (sulfide) groups is 1. The van der Waals surface area contributed by atoms with E-state index in [4.69, 9.17) is 21.1 Å². The van der Waals surface area contributed by atoms with Crippen molar-refractivity contribution in [3.05, 3.63) is 53.1 Å². The van der Waals surface area contributed by atoms with Gasteiger partial charge in [0.05, 0.1) is 43.9 Å². The van der Waals surface area contributed by atoms with Gasteiger partial charge in [-0.3, -0.25) is 4.79 Å². The van der Waals surface area contributed by atoms with Crippen LogP contribution in [0.25, 0.3) is 0 Å². The van der Waals surface area contributed by atoms with E-state index in [1.807, 2.05) is 18.2 Å². The third kappa shape index (κ3) is 4.53. The van der Waals surface area contributed by atoms with Gasteiger partial charge in [-0.2, -0.15) is 4.99 Å². The summed E-state index contributed by atoms with van der Waals surface area (Å²) >= 11 is 7.52. The molecule has 0 spiro atoms. The van der Waals surface area contributed by atoms with Crippen LogP contribution in [0.1, 0.15) is 5.56 Å². The van der Waals surface area contributed by atoms with Gasteiger partial charge in [0.1, 0.15) is 11.5 Å². The molecular weight excluding hydrogens is 460 g/mol. The van der Waals surface area contributed by atoms with Gasteiger partial charge < -0.3 is 14.4 Å². The van der Waals surface area contributed by atoms with Crippen molar-refractivity contribution in [2.75, 3.05) is 30.6 Å². The molecule has 0 N–H and O–H groups in total. The van der Waals surface area contributed by atoms with E-state index in [1.54, 1.807) is 36.3 Å². The SMILES string of the molecule is COc1ccccc1CC(=O)N=C1S[C@H]2CS(=O)(=O)C[C@H]2N1c1cc(Cl)ccc1OC. The van der Waals surface area contributed by atoms with Gasteiger partial charge in [-0.1, -0.05) is 41.6 Å². The molecule has 2 aliphatic heterocycles. The first kappa shape index (κ1) is 22.0. The number of nitrogens with zero attached hydrogens (tertiary/aromatic N) is 2. The number of rotatable bonds is 5. The van der Waals surface area contributed by atoms with Gasteiger partial charge in [-0.25, -0.2) is 8.42 Å². The molecule has 2 aromatic carbocycles. The Hall–Kier alpha value is -2.23. The van der Waals surface area contributed by atoms with Gasteiger partial charge in [-0.15, -0.1) is 0 Å². The molecule has 0 bridgehead atoms. The molecule has 0 radical (unpaired) electrons. The van der Waals surface area contributed by atoms with E-state index in [-0.39, 0.29) is 35.1 Å². The highest BCUT2D eigenvalue weighted by molar-refractivity contribution is 8.16. The molecule has 2 atom stereocenters.